The Bertz CT molecular complexity index is 474. The molecule has 0 aliphatic carbocycles. The minimum Gasteiger partial charge on any atom is -0.480 e. The van der Waals surface area contributed by atoms with Crippen molar-refractivity contribution in [1.29, 1.82) is 0 Å². The van der Waals surface area contributed by atoms with Gasteiger partial charge in [0.05, 0.1) is 0 Å². The number of hydrogen-bond acceptors (Lipinski definition) is 2. The number of carboxylic acid groups (broad SMARTS) is 1. The summed E-state index contributed by atoms with van der Waals surface area (Å²) < 4.78 is 0. The van der Waals surface area contributed by atoms with Crippen molar-refractivity contribution in [3.05, 3.63) is 48.6 Å². The molecule has 0 bridgehead atoms. The quantitative estimate of drug-likeness (QED) is 0.722. The van der Waals surface area contributed by atoms with Gasteiger partial charge in [0.15, 0.2) is 0 Å². The first kappa shape index (κ1) is 16.8. The zero-order valence-corrected chi connectivity index (χ0v) is 12.3. The number of rotatable bonds is 8. The highest BCUT2D eigenvalue weighted by atomic mass is 16.4. The molecule has 5 nitrogen and oxygen atoms in total. The second kappa shape index (κ2) is 8.79. The topological polar surface area (TPSA) is 69.6 Å². The number of aliphatic carboxylic acids is 1. The van der Waals surface area contributed by atoms with Crippen molar-refractivity contribution in [3.8, 4) is 0 Å². The first-order chi connectivity index (χ1) is 10.1. The molecule has 0 radical (unpaired) electrons. The number of nitrogens with one attached hydrogen (secondary N) is 1. The Morgan fingerprint density at radius 3 is 2.57 bits per heavy atom. The highest BCUT2D eigenvalue weighted by Crippen LogP contribution is 2.04. The molecular formula is C16H22N2O3. The van der Waals surface area contributed by atoms with Gasteiger partial charge in [0.2, 0.25) is 0 Å². The lowest BCUT2D eigenvalue weighted by Gasteiger charge is -2.23. The number of carbonyl (C=O) groups is 2. The smallest absolute Gasteiger partial charge is 0.326 e. The molecule has 5 heteroatoms. The van der Waals surface area contributed by atoms with Crippen LogP contribution in [-0.4, -0.2) is 41.1 Å². The van der Waals surface area contributed by atoms with Crippen molar-refractivity contribution in [3.63, 3.8) is 0 Å². The standard InChI is InChI=1S/C16H22N2O3/c1-3-10-18(11-4-2)16(21)17-14(15(19)20)12-13-8-6-5-7-9-13/h3,5-9,14H,1,4,10-12H2,2H3,(H,17,21)(H,19,20)/t14-/m0/s1. The molecular weight excluding hydrogens is 268 g/mol. The van der Waals surface area contributed by atoms with E-state index >= 15 is 0 Å². The van der Waals surface area contributed by atoms with Crippen LogP contribution in [0.4, 0.5) is 4.79 Å². The third-order valence-corrected chi connectivity index (χ3v) is 3.01. The molecule has 1 atom stereocenters. The molecule has 1 aromatic carbocycles. The lowest BCUT2D eigenvalue weighted by Crippen LogP contribution is -2.49. The fraction of sp³-hybridized carbons (Fsp3) is 0.375. The molecule has 2 N–H and O–H groups in total. The summed E-state index contributed by atoms with van der Waals surface area (Å²) in [5.41, 5.74) is 0.871. The van der Waals surface area contributed by atoms with Gasteiger partial charge in [-0.25, -0.2) is 9.59 Å². The Hall–Kier alpha value is -2.30. The molecule has 2 amide bonds. The van der Waals surface area contributed by atoms with Gasteiger partial charge in [0.25, 0.3) is 0 Å². The number of carbonyl (C=O) groups excluding carboxylic acids is 1. The van der Waals surface area contributed by atoms with Crippen LogP contribution in [-0.2, 0) is 11.2 Å². The molecule has 0 aromatic heterocycles. The summed E-state index contributed by atoms with van der Waals surface area (Å²) in [6.45, 7) is 6.53. The third-order valence-electron chi connectivity index (χ3n) is 3.01. The van der Waals surface area contributed by atoms with Crippen LogP contribution in [0.15, 0.2) is 43.0 Å². The number of benzene rings is 1. The van der Waals surface area contributed by atoms with Crippen LogP contribution >= 0.6 is 0 Å². The summed E-state index contributed by atoms with van der Waals surface area (Å²) in [6, 6.07) is 7.93. The number of nitrogens with zero attached hydrogens (tertiary/aromatic N) is 1. The van der Waals surface area contributed by atoms with Crippen LogP contribution < -0.4 is 5.32 Å². The average Bonchev–Trinajstić information content (AvgIpc) is 2.47. The maximum Gasteiger partial charge on any atom is 0.326 e. The van der Waals surface area contributed by atoms with Crippen LogP contribution in [0.2, 0.25) is 0 Å². The van der Waals surface area contributed by atoms with E-state index in [2.05, 4.69) is 11.9 Å². The summed E-state index contributed by atoms with van der Waals surface area (Å²) in [5.74, 6) is -1.04. The summed E-state index contributed by atoms with van der Waals surface area (Å²) in [7, 11) is 0. The van der Waals surface area contributed by atoms with Gasteiger partial charge in [-0.05, 0) is 12.0 Å². The van der Waals surface area contributed by atoms with Crippen molar-refractivity contribution in [2.24, 2.45) is 0 Å². The summed E-state index contributed by atoms with van der Waals surface area (Å²) in [4.78, 5) is 25.0. The monoisotopic (exact) mass is 290 g/mol. The number of hydrogen-bond donors (Lipinski definition) is 2. The minimum absolute atomic E-state index is 0.260. The predicted octanol–water partition coefficient (Wildman–Crippen LogP) is 2.29. The van der Waals surface area contributed by atoms with Gasteiger partial charge < -0.3 is 15.3 Å². The van der Waals surface area contributed by atoms with Crippen LogP contribution in [0.3, 0.4) is 0 Å². The number of urea groups is 1. The highest BCUT2D eigenvalue weighted by Gasteiger charge is 2.22. The van der Waals surface area contributed by atoms with Crippen LogP contribution in [0.5, 0.6) is 0 Å². The largest absolute Gasteiger partial charge is 0.480 e. The Kier molecular flexibility index (Phi) is 7.01. The fourth-order valence-corrected chi connectivity index (χ4v) is 1.99. The summed E-state index contributed by atoms with van der Waals surface area (Å²) >= 11 is 0. The first-order valence-corrected chi connectivity index (χ1v) is 7.01. The Morgan fingerprint density at radius 2 is 2.05 bits per heavy atom. The Balaban J connectivity index is 2.71. The Morgan fingerprint density at radius 1 is 1.38 bits per heavy atom. The Labute approximate surface area is 125 Å². The lowest BCUT2D eigenvalue weighted by atomic mass is 10.1. The second-order valence-corrected chi connectivity index (χ2v) is 4.76. The number of carboxylic acids is 1. The van der Waals surface area contributed by atoms with E-state index in [1.165, 1.54) is 0 Å². The molecule has 1 aromatic rings. The van der Waals surface area contributed by atoms with Gasteiger partial charge in [0, 0.05) is 19.5 Å². The van der Waals surface area contributed by atoms with Crippen molar-refractivity contribution in [2.75, 3.05) is 13.1 Å². The average molecular weight is 290 g/mol. The van der Waals surface area contributed by atoms with E-state index in [1.54, 1.807) is 11.0 Å². The molecule has 0 unspecified atom stereocenters. The second-order valence-electron chi connectivity index (χ2n) is 4.76. The predicted molar refractivity (Wildman–Crippen MR) is 82.2 cm³/mol. The van der Waals surface area contributed by atoms with E-state index in [1.807, 2.05) is 37.3 Å². The molecule has 114 valence electrons. The summed E-state index contributed by atoms with van der Waals surface area (Å²) in [5, 5.41) is 11.8. The first-order valence-electron chi connectivity index (χ1n) is 7.01. The van der Waals surface area contributed by atoms with Crippen molar-refractivity contribution in [1.82, 2.24) is 10.2 Å². The van der Waals surface area contributed by atoms with Gasteiger partial charge in [0.1, 0.15) is 6.04 Å². The minimum atomic E-state index is -1.04. The zero-order chi connectivity index (χ0) is 15.7. The highest BCUT2D eigenvalue weighted by molar-refractivity contribution is 5.82. The van der Waals surface area contributed by atoms with Gasteiger partial charge in [-0.1, -0.05) is 43.3 Å². The summed E-state index contributed by atoms with van der Waals surface area (Å²) in [6.07, 6.45) is 2.69. The molecule has 0 aliphatic heterocycles. The SMILES string of the molecule is C=CCN(CCC)C(=O)N[C@@H](Cc1ccccc1)C(=O)O. The maximum absolute atomic E-state index is 12.1. The normalized spacial score (nSPS) is 11.5. The van der Waals surface area contributed by atoms with Crippen molar-refractivity contribution in [2.45, 2.75) is 25.8 Å². The van der Waals surface area contributed by atoms with Crippen LogP contribution in [0.25, 0.3) is 0 Å². The molecule has 0 aliphatic rings. The fourth-order valence-electron chi connectivity index (χ4n) is 1.99. The number of amides is 2. The molecule has 1 rings (SSSR count). The van der Waals surface area contributed by atoms with Gasteiger partial charge in [-0.15, -0.1) is 6.58 Å². The van der Waals surface area contributed by atoms with Crippen LogP contribution in [0, 0.1) is 0 Å². The van der Waals surface area contributed by atoms with Crippen LogP contribution in [0.1, 0.15) is 18.9 Å². The lowest BCUT2D eigenvalue weighted by molar-refractivity contribution is -0.139. The van der Waals surface area contributed by atoms with E-state index in [0.717, 1.165) is 12.0 Å². The van der Waals surface area contributed by atoms with Gasteiger partial charge in [-0.3, -0.25) is 0 Å². The van der Waals surface area contributed by atoms with E-state index in [4.69, 9.17) is 0 Å². The molecule has 21 heavy (non-hydrogen) atoms. The van der Waals surface area contributed by atoms with E-state index < -0.39 is 12.0 Å². The molecule has 0 spiro atoms. The van der Waals surface area contributed by atoms with Crippen molar-refractivity contribution >= 4 is 12.0 Å². The van der Waals surface area contributed by atoms with Crippen molar-refractivity contribution < 1.29 is 14.7 Å². The third kappa shape index (κ3) is 5.69. The van der Waals surface area contributed by atoms with Gasteiger partial charge >= 0.3 is 12.0 Å². The van der Waals surface area contributed by atoms with E-state index in [9.17, 15) is 14.7 Å². The zero-order valence-electron chi connectivity index (χ0n) is 12.3. The molecule has 0 fully saturated rings. The van der Waals surface area contributed by atoms with E-state index in [0.29, 0.717) is 13.1 Å². The molecule has 0 saturated heterocycles. The molecule has 0 heterocycles. The van der Waals surface area contributed by atoms with Gasteiger partial charge in [-0.2, -0.15) is 0 Å². The maximum atomic E-state index is 12.1. The van der Waals surface area contributed by atoms with E-state index in [-0.39, 0.29) is 12.5 Å². The molecule has 0 saturated carbocycles.